The number of aromatic hydroxyl groups is 1. The third-order valence-corrected chi connectivity index (χ3v) is 9.04. The molecule has 1 radical (unpaired) electrons. The predicted molar refractivity (Wildman–Crippen MR) is 145 cm³/mol. The summed E-state index contributed by atoms with van der Waals surface area (Å²) in [5.41, 5.74) is 1.35. The van der Waals surface area contributed by atoms with Gasteiger partial charge in [-0.3, -0.25) is 24.1 Å². The van der Waals surface area contributed by atoms with E-state index < -0.39 is 75.7 Å². The average Bonchev–Trinajstić information content (AvgIpc) is 2.91. The van der Waals surface area contributed by atoms with E-state index in [4.69, 9.17) is 10.5 Å². The van der Waals surface area contributed by atoms with Gasteiger partial charge in [0.15, 0.2) is 11.4 Å². The fourth-order valence-electron chi connectivity index (χ4n) is 7.10. The topological polar surface area (TPSA) is 188 Å². The van der Waals surface area contributed by atoms with Crippen LogP contribution in [-0.4, -0.2) is 80.6 Å². The zero-order chi connectivity index (χ0) is 29.8. The summed E-state index contributed by atoms with van der Waals surface area (Å²) < 4.78 is 5.98. The second-order valence-corrected chi connectivity index (χ2v) is 11.7. The molecule has 11 heteroatoms. The predicted octanol–water partition coefficient (Wildman–Crippen LogP) is 1.86. The Labute approximate surface area is 237 Å². The minimum absolute atomic E-state index is 0.0598. The molecule has 0 unspecified atom stereocenters. The van der Waals surface area contributed by atoms with Crippen LogP contribution in [0.2, 0.25) is 0 Å². The number of amides is 1. The molecule has 0 aromatic heterocycles. The van der Waals surface area contributed by atoms with Crippen LogP contribution in [0.25, 0.3) is 5.76 Å². The Morgan fingerprint density at radius 3 is 2.41 bits per heavy atom. The summed E-state index contributed by atoms with van der Waals surface area (Å²) in [5.74, 6) is -8.70. The molecule has 5 atom stereocenters. The molecule has 0 bridgehead atoms. The van der Waals surface area contributed by atoms with Crippen LogP contribution >= 0.6 is 0 Å². The van der Waals surface area contributed by atoms with Crippen molar-refractivity contribution in [3.05, 3.63) is 52.7 Å². The number of Topliss-reactive ketones (excluding diaryl/α,β-unsaturated/α-hetero) is 2. The number of nitrogens with zero attached hydrogens (tertiary/aromatic N) is 1. The van der Waals surface area contributed by atoms with E-state index in [0.717, 1.165) is 32.1 Å². The van der Waals surface area contributed by atoms with Gasteiger partial charge in [-0.25, -0.2) is 0 Å². The van der Waals surface area contributed by atoms with E-state index in [0.29, 0.717) is 17.9 Å². The van der Waals surface area contributed by atoms with Gasteiger partial charge in [-0.15, -0.1) is 0 Å². The van der Waals surface area contributed by atoms with E-state index in [1.807, 2.05) is 0 Å². The fraction of sp³-hybridized carbons (Fsp3) is 0.500. The number of aliphatic hydroxyl groups is 3. The normalized spacial score (nSPS) is 30.1. The van der Waals surface area contributed by atoms with Crippen LogP contribution in [0.4, 0.5) is 0 Å². The molecular weight excluding hydrogens is 532 g/mol. The molecule has 0 spiro atoms. The molecule has 2 saturated carbocycles. The molecule has 0 saturated heterocycles. The van der Waals surface area contributed by atoms with Crippen molar-refractivity contribution in [2.75, 3.05) is 14.1 Å². The number of hydrogen-bond donors (Lipinski definition) is 5. The number of hydrogen-bond acceptors (Lipinski definition) is 10. The van der Waals surface area contributed by atoms with Crippen molar-refractivity contribution in [1.29, 1.82) is 0 Å². The quantitative estimate of drug-likeness (QED) is 0.251. The van der Waals surface area contributed by atoms with Gasteiger partial charge < -0.3 is 30.9 Å². The molecule has 2 fully saturated rings. The first-order valence-corrected chi connectivity index (χ1v) is 13.9. The van der Waals surface area contributed by atoms with E-state index in [-0.39, 0.29) is 17.7 Å². The van der Waals surface area contributed by atoms with Crippen LogP contribution in [0.1, 0.15) is 56.1 Å². The summed E-state index contributed by atoms with van der Waals surface area (Å²) >= 11 is 0. The van der Waals surface area contributed by atoms with Crippen LogP contribution in [0, 0.1) is 24.2 Å². The third kappa shape index (κ3) is 4.51. The van der Waals surface area contributed by atoms with Gasteiger partial charge in [0.25, 0.3) is 5.91 Å². The molecule has 1 aromatic carbocycles. The van der Waals surface area contributed by atoms with Gasteiger partial charge in [-0.1, -0.05) is 44.2 Å². The molecule has 0 aliphatic heterocycles. The molecule has 219 valence electrons. The van der Waals surface area contributed by atoms with Gasteiger partial charge in [0.2, 0.25) is 5.78 Å². The number of carbonyl (C=O) groups excluding carboxylic acids is 4. The number of aliphatic hydroxyl groups excluding tert-OH is 2. The molecule has 4 aliphatic carbocycles. The highest BCUT2D eigenvalue weighted by atomic mass is 16.5. The van der Waals surface area contributed by atoms with E-state index in [1.165, 1.54) is 37.5 Å². The van der Waals surface area contributed by atoms with Gasteiger partial charge in [0.05, 0.1) is 17.5 Å². The van der Waals surface area contributed by atoms with Gasteiger partial charge in [-0.2, -0.15) is 0 Å². The average molecular weight is 568 g/mol. The van der Waals surface area contributed by atoms with Crippen LogP contribution < -0.4 is 5.73 Å². The highest BCUT2D eigenvalue weighted by Gasteiger charge is 2.68. The maximum Gasteiger partial charge on any atom is 0.306 e. The van der Waals surface area contributed by atoms with Crippen molar-refractivity contribution in [2.24, 2.45) is 23.5 Å². The van der Waals surface area contributed by atoms with Gasteiger partial charge >= 0.3 is 5.97 Å². The Morgan fingerprint density at radius 2 is 1.78 bits per heavy atom. The molecule has 1 amide bonds. The number of primary amides is 1. The molecule has 4 aliphatic rings. The highest BCUT2D eigenvalue weighted by molar-refractivity contribution is 6.24. The number of ketones is 2. The molecule has 6 N–H and O–H groups in total. The number of likely N-dealkylation sites (N-methyl/N-ethyl adjacent to an activating group) is 1. The van der Waals surface area contributed by atoms with E-state index >= 15 is 0 Å². The van der Waals surface area contributed by atoms with Crippen molar-refractivity contribution in [3.63, 3.8) is 0 Å². The van der Waals surface area contributed by atoms with E-state index in [1.54, 1.807) is 6.07 Å². The molecule has 41 heavy (non-hydrogen) atoms. The van der Waals surface area contributed by atoms with Crippen molar-refractivity contribution in [2.45, 2.75) is 62.7 Å². The lowest BCUT2D eigenvalue weighted by atomic mass is 9.56. The minimum atomic E-state index is -2.95. The summed E-state index contributed by atoms with van der Waals surface area (Å²) in [6, 6.07) is 3.03. The zero-order valence-corrected chi connectivity index (χ0v) is 23.0. The Morgan fingerprint density at radius 1 is 1.10 bits per heavy atom. The van der Waals surface area contributed by atoms with Crippen molar-refractivity contribution < 1.29 is 44.3 Å². The Bertz CT molecular complexity index is 1370. The van der Waals surface area contributed by atoms with Crippen molar-refractivity contribution >= 4 is 29.2 Å². The number of fused-ring (bicyclic) bond motifs is 3. The first kappa shape index (κ1) is 28.8. The molecule has 5 rings (SSSR count). The first-order chi connectivity index (χ1) is 19.4. The van der Waals surface area contributed by atoms with E-state index in [9.17, 15) is 39.6 Å². The summed E-state index contributed by atoms with van der Waals surface area (Å²) in [6.07, 6.45) is 6.13. The second-order valence-electron chi connectivity index (χ2n) is 11.7. The maximum absolute atomic E-state index is 14.1. The van der Waals surface area contributed by atoms with Crippen LogP contribution in [0.3, 0.4) is 0 Å². The van der Waals surface area contributed by atoms with Crippen LogP contribution in [-0.2, 0) is 23.9 Å². The standard InChI is InChI=1S/C30H35N2O9/c1-32(2)23-22-26(41-18(34)12-11-14-7-4-3-5-8-14)16-13-15-9-6-10-17(33)19(15)24(35)20(16)27(37)30(22,40)28(38)21(25(23)36)29(31)39/h6,9-10,13-14,16,22-23,26,33,35,38,40H,3-5,7-8,11-12H2,1-2H3,(H2,31,39)/t16-,22-,23+,26+,30+/m0/s1. The minimum Gasteiger partial charge on any atom is -0.508 e. The number of esters is 1. The lowest BCUT2D eigenvalue weighted by Gasteiger charge is -2.53. The zero-order valence-electron chi connectivity index (χ0n) is 23.0. The number of rotatable bonds is 6. The smallest absolute Gasteiger partial charge is 0.306 e. The second kappa shape index (κ2) is 10.6. The number of carbonyl (C=O) groups is 4. The Kier molecular flexibility index (Phi) is 7.46. The Balaban J connectivity index is 1.65. The number of nitrogens with two attached hydrogens (primary N) is 1. The fourth-order valence-corrected chi connectivity index (χ4v) is 7.10. The number of phenolic OH excluding ortho intramolecular Hbond substituents is 1. The van der Waals surface area contributed by atoms with Crippen LogP contribution in [0.5, 0.6) is 5.75 Å². The molecule has 0 heterocycles. The molecule has 11 nitrogen and oxygen atoms in total. The number of phenols is 1. The SMILES string of the molecule is CN(C)[C@H]1C(=O)C(C(N)=O)=C(O)[C@]2(O)C(=O)C3=C(O)c4c(O)cccc4[CH][C@@H]3[C@@H](OC(=O)CCC3CCCCC3)[C@H]12. The largest absolute Gasteiger partial charge is 0.508 e. The number of benzene rings is 1. The maximum atomic E-state index is 14.1. The molecule has 1 aromatic rings. The van der Waals surface area contributed by atoms with E-state index in [2.05, 4.69) is 0 Å². The van der Waals surface area contributed by atoms with Crippen molar-refractivity contribution in [1.82, 2.24) is 4.90 Å². The lowest BCUT2D eigenvalue weighted by molar-refractivity contribution is -0.182. The lowest BCUT2D eigenvalue weighted by Crippen LogP contribution is -2.70. The summed E-state index contributed by atoms with van der Waals surface area (Å²) in [6.45, 7) is 0. The summed E-state index contributed by atoms with van der Waals surface area (Å²) in [5, 5.41) is 44.9. The van der Waals surface area contributed by atoms with Gasteiger partial charge in [0, 0.05) is 24.3 Å². The monoisotopic (exact) mass is 567 g/mol. The number of ether oxygens (including phenoxy) is 1. The van der Waals surface area contributed by atoms with Crippen molar-refractivity contribution in [3.8, 4) is 5.75 Å². The Hall–Kier alpha value is -3.70. The van der Waals surface area contributed by atoms with Gasteiger partial charge in [0.1, 0.15) is 28.9 Å². The first-order valence-electron chi connectivity index (χ1n) is 13.9. The molecular formula is C30H35N2O9. The third-order valence-electron chi connectivity index (χ3n) is 9.04. The highest BCUT2D eigenvalue weighted by Crippen LogP contribution is 2.54. The summed E-state index contributed by atoms with van der Waals surface area (Å²) in [4.78, 5) is 54.6. The summed E-state index contributed by atoms with van der Waals surface area (Å²) in [7, 11) is 2.97. The van der Waals surface area contributed by atoms with Gasteiger partial charge in [-0.05, 0) is 38.1 Å². The van der Waals surface area contributed by atoms with Crippen LogP contribution in [0.15, 0.2) is 35.1 Å².